The Hall–Kier alpha value is -1.29. The summed E-state index contributed by atoms with van der Waals surface area (Å²) in [5.41, 5.74) is 0. The topological polar surface area (TPSA) is 37.4 Å². The minimum absolute atomic E-state index is 0.793. The third-order valence-electron chi connectivity index (χ3n) is 2.40. The second kappa shape index (κ2) is 7.06. The molecule has 1 rings (SSSR count). The first kappa shape index (κ1) is 12.8. The van der Waals surface area contributed by atoms with Gasteiger partial charge in [0.25, 0.3) is 0 Å². The maximum atomic E-state index is 5.07. The molecule has 0 radical (unpaired) electrons. The molecule has 1 aromatic heterocycles. The fourth-order valence-electron chi connectivity index (χ4n) is 1.38. The molecule has 0 aliphatic rings. The Morgan fingerprint density at radius 1 is 1.38 bits per heavy atom. The predicted octanol–water partition coefficient (Wildman–Crippen LogP) is 1.53. The quantitative estimate of drug-likeness (QED) is 0.711. The van der Waals surface area contributed by atoms with Gasteiger partial charge in [0.05, 0.1) is 13.3 Å². The van der Waals surface area contributed by atoms with Crippen LogP contribution in [0.25, 0.3) is 0 Å². The van der Waals surface area contributed by atoms with Crippen molar-refractivity contribution in [2.24, 2.45) is 0 Å². The van der Waals surface area contributed by atoms with E-state index in [4.69, 9.17) is 4.74 Å². The van der Waals surface area contributed by atoms with Gasteiger partial charge in [-0.25, -0.2) is 4.98 Å². The number of anilines is 1. The standard InChI is InChI=1S/C12H21N3O/c1-4-7-13-8-9-15(2)12-6-5-11(16-3)10-14-12/h5-6,10,13H,4,7-9H2,1-3H3. The highest BCUT2D eigenvalue weighted by Gasteiger charge is 2.01. The Morgan fingerprint density at radius 2 is 2.19 bits per heavy atom. The molecule has 0 aliphatic carbocycles. The van der Waals surface area contributed by atoms with Crippen LogP contribution >= 0.6 is 0 Å². The van der Waals surface area contributed by atoms with E-state index in [2.05, 4.69) is 22.1 Å². The molecule has 4 heteroatoms. The van der Waals surface area contributed by atoms with Crippen LogP contribution in [0.3, 0.4) is 0 Å². The molecule has 1 aromatic rings. The highest BCUT2D eigenvalue weighted by molar-refractivity contribution is 5.39. The van der Waals surface area contributed by atoms with Crippen molar-refractivity contribution in [1.82, 2.24) is 10.3 Å². The van der Waals surface area contributed by atoms with E-state index in [1.165, 1.54) is 6.42 Å². The Bertz CT molecular complexity index is 287. The molecular weight excluding hydrogens is 202 g/mol. The van der Waals surface area contributed by atoms with Gasteiger partial charge in [0.1, 0.15) is 11.6 Å². The average molecular weight is 223 g/mol. The SMILES string of the molecule is CCCNCCN(C)c1ccc(OC)cn1. The van der Waals surface area contributed by atoms with Crippen LogP contribution in [0.1, 0.15) is 13.3 Å². The highest BCUT2D eigenvalue weighted by Crippen LogP contribution is 2.13. The smallest absolute Gasteiger partial charge is 0.137 e. The predicted molar refractivity (Wildman–Crippen MR) is 67.2 cm³/mol. The normalized spacial score (nSPS) is 10.2. The van der Waals surface area contributed by atoms with E-state index in [9.17, 15) is 0 Å². The molecule has 1 N–H and O–H groups in total. The lowest BCUT2D eigenvalue weighted by atomic mass is 10.4. The van der Waals surface area contributed by atoms with Crippen LogP contribution in [0.2, 0.25) is 0 Å². The number of nitrogens with one attached hydrogen (secondary N) is 1. The van der Waals surface area contributed by atoms with Crippen molar-refractivity contribution in [2.75, 3.05) is 38.7 Å². The number of hydrogen-bond donors (Lipinski definition) is 1. The van der Waals surface area contributed by atoms with Crippen molar-refractivity contribution in [1.29, 1.82) is 0 Å². The molecule has 0 spiro atoms. The number of hydrogen-bond acceptors (Lipinski definition) is 4. The van der Waals surface area contributed by atoms with E-state index >= 15 is 0 Å². The van der Waals surface area contributed by atoms with Gasteiger partial charge >= 0.3 is 0 Å². The zero-order chi connectivity index (χ0) is 11.8. The molecule has 1 heterocycles. The van der Waals surface area contributed by atoms with E-state index in [-0.39, 0.29) is 0 Å². The minimum atomic E-state index is 0.793. The van der Waals surface area contributed by atoms with Crippen LogP contribution in [-0.2, 0) is 0 Å². The Balaban J connectivity index is 2.37. The first-order valence-corrected chi connectivity index (χ1v) is 5.69. The summed E-state index contributed by atoms with van der Waals surface area (Å²) < 4.78 is 5.07. The monoisotopic (exact) mass is 223 g/mol. The Kier molecular flexibility index (Phi) is 5.64. The molecule has 0 amide bonds. The third kappa shape index (κ3) is 4.06. The molecule has 4 nitrogen and oxygen atoms in total. The van der Waals surface area contributed by atoms with Gasteiger partial charge in [-0.2, -0.15) is 0 Å². The summed E-state index contributed by atoms with van der Waals surface area (Å²) in [7, 11) is 3.69. The number of likely N-dealkylation sites (N-methyl/N-ethyl adjacent to an activating group) is 1. The summed E-state index contributed by atoms with van der Waals surface area (Å²) in [4.78, 5) is 6.45. The van der Waals surface area contributed by atoms with Crippen molar-refractivity contribution < 1.29 is 4.74 Å². The first-order chi connectivity index (χ1) is 7.77. The zero-order valence-corrected chi connectivity index (χ0v) is 10.4. The van der Waals surface area contributed by atoms with Crippen molar-refractivity contribution in [3.05, 3.63) is 18.3 Å². The largest absolute Gasteiger partial charge is 0.495 e. The summed E-state index contributed by atoms with van der Waals surface area (Å²) in [6, 6.07) is 3.90. The number of nitrogens with zero attached hydrogens (tertiary/aromatic N) is 2. The van der Waals surface area contributed by atoms with Gasteiger partial charge in [-0.15, -0.1) is 0 Å². The van der Waals surface area contributed by atoms with E-state index in [1.807, 2.05) is 19.2 Å². The molecule has 0 saturated heterocycles. The molecule has 0 bridgehead atoms. The van der Waals surface area contributed by atoms with Crippen LogP contribution in [0.15, 0.2) is 18.3 Å². The Labute approximate surface area is 97.6 Å². The molecular formula is C12H21N3O. The molecule has 90 valence electrons. The fraction of sp³-hybridized carbons (Fsp3) is 0.583. The second-order valence-electron chi connectivity index (χ2n) is 3.73. The van der Waals surface area contributed by atoms with Crippen molar-refractivity contribution in [2.45, 2.75) is 13.3 Å². The number of rotatable bonds is 7. The second-order valence-corrected chi connectivity index (χ2v) is 3.73. The minimum Gasteiger partial charge on any atom is -0.495 e. The van der Waals surface area contributed by atoms with E-state index in [0.717, 1.165) is 31.2 Å². The summed E-state index contributed by atoms with van der Waals surface area (Å²) in [5, 5.41) is 3.36. The van der Waals surface area contributed by atoms with E-state index < -0.39 is 0 Å². The highest BCUT2D eigenvalue weighted by atomic mass is 16.5. The van der Waals surface area contributed by atoms with Gasteiger partial charge in [-0.3, -0.25) is 0 Å². The van der Waals surface area contributed by atoms with Crippen molar-refractivity contribution >= 4 is 5.82 Å². The lowest BCUT2D eigenvalue weighted by Crippen LogP contribution is -2.29. The average Bonchev–Trinajstić information content (AvgIpc) is 2.34. The molecule has 0 fully saturated rings. The summed E-state index contributed by atoms with van der Waals surface area (Å²) in [6.45, 7) is 5.18. The van der Waals surface area contributed by atoms with Crippen molar-refractivity contribution in [3.8, 4) is 5.75 Å². The van der Waals surface area contributed by atoms with Gasteiger partial charge in [-0.1, -0.05) is 6.92 Å². The van der Waals surface area contributed by atoms with Crippen LogP contribution in [-0.4, -0.2) is 38.8 Å². The van der Waals surface area contributed by atoms with Crippen LogP contribution in [0.5, 0.6) is 5.75 Å². The number of ether oxygens (including phenoxy) is 1. The van der Waals surface area contributed by atoms with Crippen LogP contribution in [0, 0.1) is 0 Å². The first-order valence-electron chi connectivity index (χ1n) is 5.69. The lowest BCUT2D eigenvalue weighted by molar-refractivity contribution is 0.413. The number of aromatic nitrogens is 1. The van der Waals surface area contributed by atoms with Crippen LogP contribution in [0.4, 0.5) is 5.82 Å². The summed E-state index contributed by atoms with van der Waals surface area (Å²) >= 11 is 0. The molecule has 16 heavy (non-hydrogen) atoms. The number of pyridine rings is 1. The Morgan fingerprint density at radius 3 is 2.75 bits per heavy atom. The third-order valence-corrected chi connectivity index (χ3v) is 2.40. The number of methoxy groups -OCH3 is 1. The fourth-order valence-corrected chi connectivity index (χ4v) is 1.38. The summed E-state index contributed by atoms with van der Waals surface area (Å²) in [6.07, 6.45) is 2.91. The molecule has 0 unspecified atom stereocenters. The molecule has 0 aromatic carbocycles. The molecule has 0 atom stereocenters. The van der Waals surface area contributed by atoms with Gasteiger partial charge in [0.2, 0.25) is 0 Å². The maximum Gasteiger partial charge on any atom is 0.137 e. The van der Waals surface area contributed by atoms with Gasteiger partial charge in [-0.05, 0) is 25.1 Å². The van der Waals surface area contributed by atoms with Crippen molar-refractivity contribution in [3.63, 3.8) is 0 Å². The van der Waals surface area contributed by atoms with Crippen LogP contribution < -0.4 is 15.0 Å². The van der Waals surface area contributed by atoms with Gasteiger partial charge in [0.15, 0.2) is 0 Å². The van der Waals surface area contributed by atoms with Gasteiger partial charge in [0, 0.05) is 20.1 Å². The van der Waals surface area contributed by atoms with E-state index in [0.29, 0.717) is 0 Å². The van der Waals surface area contributed by atoms with Gasteiger partial charge < -0.3 is 15.0 Å². The molecule has 0 aliphatic heterocycles. The van der Waals surface area contributed by atoms with E-state index in [1.54, 1.807) is 13.3 Å². The molecule has 0 saturated carbocycles. The summed E-state index contributed by atoms with van der Waals surface area (Å²) in [5.74, 6) is 1.76. The zero-order valence-electron chi connectivity index (χ0n) is 10.4. The maximum absolute atomic E-state index is 5.07. The lowest BCUT2D eigenvalue weighted by Gasteiger charge is -2.18.